The first-order chi connectivity index (χ1) is 8.61. The highest BCUT2D eigenvalue weighted by atomic mass is 32.1. The molecule has 1 atom stereocenters. The van der Waals surface area contributed by atoms with Crippen molar-refractivity contribution in [2.45, 2.75) is 20.3 Å². The van der Waals surface area contributed by atoms with Gasteiger partial charge in [-0.15, -0.1) is 0 Å². The van der Waals surface area contributed by atoms with Crippen LogP contribution in [0.2, 0.25) is 0 Å². The second-order valence-electron chi connectivity index (χ2n) is 4.71. The van der Waals surface area contributed by atoms with Gasteiger partial charge in [-0.25, -0.2) is 4.79 Å². The van der Waals surface area contributed by atoms with E-state index in [1.807, 2.05) is 0 Å². The van der Waals surface area contributed by atoms with E-state index in [-0.39, 0.29) is 0 Å². The van der Waals surface area contributed by atoms with Crippen molar-refractivity contribution in [3.05, 3.63) is 11.3 Å². The lowest BCUT2D eigenvalue weighted by Gasteiger charge is -2.13. The van der Waals surface area contributed by atoms with E-state index in [2.05, 4.69) is 21.5 Å². The van der Waals surface area contributed by atoms with E-state index in [0.29, 0.717) is 22.2 Å². The fourth-order valence-corrected chi connectivity index (χ4v) is 3.14. The standard InChI is InChI=1S/C12H19N3O2S/c1-3-15-5-4-9(7-15)6-13-11-10(12(16)17)8(2)14-18-11/h9,13H,3-7H2,1-2H3,(H,16,17). The van der Waals surface area contributed by atoms with Gasteiger partial charge in [-0.3, -0.25) is 0 Å². The maximum Gasteiger partial charge on any atom is 0.340 e. The molecule has 100 valence electrons. The molecular weight excluding hydrogens is 250 g/mol. The minimum absolute atomic E-state index is 0.324. The molecule has 5 nitrogen and oxygen atoms in total. The molecule has 2 heterocycles. The zero-order valence-corrected chi connectivity index (χ0v) is 11.6. The normalized spacial score (nSPS) is 20.2. The van der Waals surface area contributed by atoms with E-state index >= 15 is 0 Å². The number of carboxylic acids is 1. The maximum atomic E-state index is 11.1. The summed E-state index contributed by atoms with van der Waals surface area (Å²) in [6.07, 6.45) is 1.18. The Labute approximate surface area is 111 Å². The number of rotatable bonds is 5. The average Bonchev–Trinajstić information content (AvgIpc) is 2.92. The minimum Gasteiger partial charge on any atom is -0.478 e. The van der Waals surface area contributed by atoms with Crippen LogP contribution in [0.25, 0.3) is 0 Å². The second-order valence-corrected chi connectivity index (χ2v) is 5.48. The summed E-state index contributed by atoms with van der Waals surface area (Å²) in [7, 11) is 0. The van der Waals surface area contributed by atoms with Crippen molar-refractivity contribution in [3.8, 4) is 0 Å². The van der Waals surface area contributed by atoms with Crippen LogP contribution in [-0.2, 0) is 0 Å². The van der Waals surface area contributed by atoms with Gasteiger partial charge >= 0.3 is 5.97 Å². The zero-order chi connectivity index (χ0) is 13.1. The number of aromatic nitrogens is 1. The molecule has 0 radical (unpaired) electrons. The third-order valence-electron chi connectivity index (χ3n) is 3.45. The molecule has 18 heavy (non-hydrogen) atoms. The summed E-state index contributed by atoms with van der Waals surface area (Å²) in [5.41, 5.74) is 0.918. The van der Waals surface area contributed by atoms with Crippen LogP contribution in [0.3, 0.4) is 0 Å². The molecule has 1 aliphatic heterocycles. The first-order valence-electron chi connectivity index (χ1n) is 6.27. The Morgan fingerprint density at radius 1 is 1.67 bits per heavy atom. The molecule has 0 aromatic carbocycles. The van der Waals surface area contributed by atoms with Crippen LogP contribution >= 0.6 is 11.5 Å². The number of hydrogen-bond acceptors (Lipinski definition) is 5. The molecule has 1 aliphatic rings. The van der Waals surface area contributed by atoms with Gasteiger partial charge in [0, 0.05) is 13.1 Å². The highest BCUT2D eigenvalue weighted by Gasteiger charge is 2.22. The number of hydrogen-bond donors (Lipinski definition) is 2. The van der Waals surface area contributed by atoms with Crippen molar-refractivity contribution in [3.63, 3.8) is 0 Å². The lowest BCUT2D eigenvalue weighted by Crippen LogP contribution is -2.22. The van der Waals surface area contributed by atoms with Crippen molar-refractivity contribution >= 4 is 22.5 Å². The largest absolute Gasteiger partial charge is 0.478 e. The number of nitrogens with one attached hydrogen (secondary N) is 1. The fraction of sp³-hybridized carbons (Fsp3) is 0.667. The van der Waals surface area contributed by atoms with Crippen molar-refractivity contribution in [2.24, 2.45) is 5.92 Å². The van der Waals surface area contributed by atoms with Gasteiger partial charge in [-0.2, -0.15) is 4.37 Å². The topological polar surface area (TPSA) is 65.5 Å². The van der Waals surface area contributed by atoms with E-state index < -0.39 is 5.97 Å². The number of likely N-dealkylation sites (tertiary alicyclic amines) is 1. The lowest BCUT2D eigenvalue weighted by molar-refractivity contribution is 0.0697. The first kappa shape index (κ1) is 13.3. The van der Waals surface area contributed by atoms with Crippen LogP contribution in [0.5, 0.6) is 0 Å². The smallest absolute Gasteiger partial charge is 0.340 e. The van der Waals surface area contributed by atoms with E-state index in [1.165, 1.54) is 18.0 Å². The monoisotopic (exact) mass is 269 g/mol. The number of nitrogens with zero attached hydrogens (tertiary/aromatic N) is 2. The van der Waals surface area contributed by atoms with Crippen LogP contribution in [-0.4, -0.2) is 46.5 Å². The Kier molecular flexibility index (Phi) is 4.19. The van der Waals surface area contributed by atoms with Gasteiger partial charge in [-0.05, 0) is 43.9 Å². The van der Waals surface area contributed by atoms with Crippen molar-refractivity contribution < 1.29 is 9.90 Å². The average molecular weight is 269 g/mol. The Balaban J connectivity index is 1.93. The molecule has 2 N–H and O–H groups in total. The predicted octanol–water partition coefficient (Wildman–Crippen LogP) is 1.90. The summed E-state index contributed by atoms with van der Waals surface area (Å²) < 4.78 is 4.10. The molecule has 0 amide bonds. The van der Waals surface area contributed by atoms with E-state index in [4.69, 9.17) is 5.11 Å². The van der Waals surface area contributed by atoms with Crippen LogP contribution in [0.15, 0.2) is 0 Å². The molecule has 1 aromatic rings. The number of anilines is 1. The third-order valence-corrected chi connectivity index (χ3v) is 4.34. The highest BCUT2D eigenvalue weighted by molar-refractivity contribution is 7.10. The minimum atomic E-state index is -0.898. The number of carbonyl (C=O) groups is 1. The Morgan fingerprint density at radius 2 is 2.44 bits per heavy atom. The van der Waals surface area contributed by atoms with Gasteiger partial charge < -0.3 is 15.3 Å². The second kappa shape index (κ2) is 5.67. The number of carboxylic acid groups (broad SMARTS) is 1. The molecule has 0 spiro atoms. The van der Waals surface area contributed by atoms with Crippen LogP contribution in [0, 0.1) is 12.8 Å². The Bertz CT molecular complexity index is 433. The highest BCUT2D eigenvalue weighted by Crippen LogP contribution is 2.25. The lowest BCUT2D eigenvalue weighted by atomic mass is 10.1. The molecule has 6 heteroatoms. The zero-order valence-electron chi connectivity index (χ0n) is 10.8. The SMILES string of the molecule is CCN1CCC(CNc2snc(C)c2C(=O)O)C1. The van der Waals surface area contributed by atoms with Gasteiger partial charge in [0.2, 0.25) is 0 Å². The molecule has 2 rings (SSSR count). The van der Waals surface area contributed by atoms with Gasteiger partial charge in [-0.1, -0.05) is 6.92 Å². The molecule has 1 fully saturated rings. The summed E-state index contributed by atoms with van der Waals surface area (Å²) in [4.78, 5) is 13.5. The van der Waals surface area contributed by atoms with E-state index in [9.17, 15) is 4.79 Å². The summed E-state index contributed by atoms with van der Waals surface area (Å²) >= 11 is 1.24. The maximum absolute atomic E-state index is 11.1. The predicted molar refractivity (Wildman–Crippen MR) is 72.5 cm³/mol. The molecular formula is C12H19N3O2S. The van der Waals surface area contributed by atoms with Gasteiger partial charge in [0.25, 0.3) is 0 Å². The molecule has 0 saturated carbocycles. The number of aromatic carboxylic acids is 1. The van der Waals surface area contributed by atoms with Crippen LogP contribution in [0.1, 0.15) is 29.4 Å². The molecule has 1 aromatic heterocycles. The summed E-state index contributed by atoms with van der Waals surface area (Å²) in [5, 5.41) is 13.1. The summed E-state index contributed by atoms with van der Waals surface area (Å²) in [6, 6.07) is 0. The van der Waals surface area contributed by atoms with Gasteiger partial charge in [0.1, 0.15) is 10.6 Å². The van der Waals surface area contributed by atoms with Gasteiger partial charge in [0.05, 0.1) is 5.69 Å². The van der Waals surface area contributed by atoms with E-state index in [0.717, 1.165) is 26.2 Å². The van der Waals surface area contributed by atoms with Crippen molar-refractivity contribution in [1.82, 2.24) is 9.27 Å². The molecule has 1 unspecified atom stereocenters. The Hall–Kier alpha value is -1.14. The molecule has 0 aliphatic carbocycles. The van der Waals surface area contributed by atoms with E-state index in [1.54, 1.807) is 6.92 Å². The Morgan fingerprint density at radius 3 is 3.06 bits per heavy atom. The molecule has 1 saturated heterocycles. The van der Waals surface area contributed by atoms with Crippen LogP contribution < -0.4 is 5.32 Å². The number of aryl methyl sites for hydroxylation is 1. The first-order valence-corrected chi connectivity index (χ1v) is 7.05. The molecule has 0 bridgehead atoms. The van der Waals surface area contributed by atoms with Crippen molar-refractivity contribution in [2.75, 3.05) is 31.5 Å². The fourth-order valence-electron chi connectivity index (χ4n) is 2.35. The van der Waals surface area contributed by atoms with Gasteiger partial charge in [0.15, 0.2) is 0 Å². The quantitative estimate of drug-likeness (QED) is 0.854. The summed E-state index contributed by atoms with van der Waals surface area (Å²) in [5.74, 6) is -0.292. The van der Waals surface area contributed by atoms with Crippen LogP contribution in [0.4, 0.5) is 5.00 Å². The third kappa shape index (κ3) is 2.81. The summed E-state index contributed by atoms with van der Waals surface area (Å²) in [6.45, 7) is 8.08. The van der Waals surface area contributed by atoms with Crippen molar-refractivity contribution in [1.29, 1.82) is 0 Å².